The molecule has 3 fully saturated rings. The third-order valence-corrected chi connectivity index (χ3v) is 5.07. The SMILES string of the molecule is Cn1nccc1[C@@H]1OCC[C@H]1C(=O)NC1CC(=O)N(C2CC2)C1. The van der Waals surface area contributed by atoms with Gasteiger partial charge in [0, 0.05) is 38.9 Å². The summed E-state index contributed by atoms with van der Waals surface area (Å²) in [5, 5.41) is 7.22. The summed E-state index contributed by atoms with van der Waals surface area (Å²) in [5.41, 5.74) is 0.921. The molecule has 4 rings (SSSR count). The largest absolute Gasteiger partial charge is 0.371 e. The van der Waals surface area contributed by atoms with E-state index in [1.54, 1.807) is 10.9 Å². The Bertz CT molecular complexity index is 625. The van der Waals surface area contributed by atoms with Crippen LogP contribution in [0.3, 0.4) is 0 Å². The van der Waals surface area contributed by atoms with Crippen LogP contribution in [0, 0.1) is 5.92 Å². The maximum absolute atomic E-state index is 12.7. The van der Waals surface area contributed by atoms with E-state index < -0.39 is 0 Å². The minimum atomic E-state index is -0.251. The Kier molecular flexibility index (Phi) is 3.60. The molecule has 124 valence electrons. The van der Waals surface area contributed by atoms with Gasteiger partial charge in [-0.25, -0.2) is 0 Å². The van der Waals surface area contributed by atoms with Crippen LogP contribution in [0.5, 0.6) is 0 Å². The Morgan fingerprint density at radius 3 is 2.91 bits per heavy atom. The Labute approximate surface area is 135 Å². The molecule has 3 heterocycles. The third-order valence-electron chi connectivity index (χ3n) is 5.07. The summed E-state index contributed by atoms with van der Waals surface area (Å²) in [7, 11) is 1.86. The van der Waals surface area contributed by atoms with E-state index in [1.807, 2.05) is 18.0 Å². The third kappa shape index (κ3) is 2.73. The van der Waals surface area contributed by atoms with Crippen LogP contribution in [0.1, 0.15) is 37.5 Å². The molecule has 1 aromatic rings. The molecule has 0 spiro atoms. The average Bonchev–Trinajstić information content (AvgIpc) is 2.92. The highest BCUT2D eigenvalue weighted by Crippen LogP contribution is 2.35. The van der Waals surface area contributed by atoms with Crippen LogP contribution in [0.15, 0.2) is 12.3 Å². The first kappa shape index (κ1) is 14.7. The second-order valence-electron chi connectivity index (χ2n) is 6.75. The number of carbonyl (C=O) groups is 2. The van der Waals surface area contributed by atoms with Crippen LogP contribution in [-0.2, 0) is 21.4 Å². The zero-order valence-electron chi connectivity index (χ0n) is 13.3. The number of nitrogens with zero attached hydrogens (tertiary/aromatic N) is 3. The van der Waals surface area contributed by atoms with Crippen LogP contribution in [0.2, 0.25) is 0 Å². The van der Waals surface area contributed by atoms with Crippen molar-refractivity contribution in [2.45, 2.75) is 43.9 Å². The average molecular weight is 318 g/mol. The first-order chi connectivity index (χ1) is 11.1. The Morgan fingerprint density at radius 1 is 1.39 bits per heavy atom. The molecule has 0 aromatic carbocycles. The lowest BCUT2D eigenvalue weighted by Crippen LogP contribution is -2.41. The van der Waals surface area contributed by atoms with Gasteiger partial charge in [-0.05, 0) is 25.3 Å². The standard InChI is InChI=1S/C16H22N4O3/c1-19-13(4-6-17-19)15-12(5-7-23-15)16(22)18-10-8-14(21)20(9-10)11-2-3-11/h4,6,10-12,15H,2-3,5,7-9H2,1H3,(H,18,22)/t10?,12-,15-/m1/s1. The lowest BCUT2D eigenvalue weighted by atomic mass is 9.97. The fourth-order valence-electron chi connectivity index (χ4n) is 3.69. The van der Waals surface area contributed by atoms with Gasteiger partial charge in [0.2, 0.25) is 11.8 Å². The topological polar surface area (TPSA) is 76.5 Å². The number of carbonyl (C=O) groups excluding carboxylic acids is 2. The molecule has 1 aromatic heterocycles. The van der Waals surface area contributed by atoms with E-state index in [1.165, 1.54) is 0 Å². The molecule has 0 bridgehead atoms. The second kappa shape index (κ2) is 5.63. The molecular formula is C16H22N4O3. The number of hydrogen-bond acceptors (Lipinski definition) is 4. The summed E-state index contributed by atoms with van der Waals surface area (Å²) in [4.78, 5) is 26.6. The van der Waals surface area contributed by atoms with Gasteiger partial charge in [-0.1, -0.05) is 0 Å². The lowest BCUT2D eigenvalue weighted by Gasteiger charge is -2.21. The monoisotopic (exact) mass is 318 g/mol. The molecule has 2 saturated heterocycles. The summed E-state index contributed by atoms with van der Waals surface area (Å²) < 4.78 is 7.52. The molecule has 23 heavy (non-hydrogen) atoms. The fraction of sp³-hybridized carbons (Fsp3) is 0.688. The first-order valence-electron chi connectivity index (χ1n) is 8.33. The number of ether oxygens (including phenoxy) is 1. The van der Waals surface area contributed by atoms with Gasteiger partial charge < -0.3 is 15.0 Å². The molecule has 3 aliphatic rings. The van der Waals surface area contributed by atoms with E-state index in [0.29, 0.717) is 32.0 Å². The molecule has 1 unspecified atom stereocenters. The molecule has 2 amide bonds. The number of rotatable bonds is 4. The number of hydrogen-bond donors (Lipinski definition) is 1. The summed E-state index contributed by atoms with van der Waals surface area (Å²) in [5.74, 6) is -0.0525. The van der Waals surface area contributed by atoms with Crippen LogP contribution in [0.4, 0.5) is 0 Å². The van der Waals surface area contributed by atoms with E-state index in [9.17, 15) is 9.59 Å². The van der Waals surface area contributed by atoms with Crippen molar-refractivity contribution in [3.05, 3.63) is 18.0 Å². The summed E-state index contributed by atoms with van der Waals surface area (Å²) >= 11 is 0. The van der Waals surface area contributed by atoms with Crippen molar-refractivity contribution in [3.63, 3.8) is 0 Å². The van der Waals surface area contributed by atoms with E-state index in [0.717, 1.165) is 18.5 Å². The summed E-state index contributed by atoms with van der Waals surface area (Å²) in [6.45, 7) is 1.23. The van der Waals surface area contributed by atoms with Gasteiger partial charge in [0.15, 0.2) is 0 Å². The number of aryl methyl sites for hydroxylation is 1. The second-order valence-corrected chi connectivity index (χ2v) is 6.75. The van der Waals surface area contributed by atoms with E-state index in [4.69, 9.17) is 4.74 Å². The van der Waals surface area contributed by atoms with Crippen LogP contribution in [-0.4, -0.2) is 51.7 Å². The predicted octanol–water partition coefficient (Wildman–Crippen LogP) is 0.377. The Balaban J connectivity index is 1.40. The fourth-order valence-corrected chi connectivity index (χ4v) is 3.69. The van der Waals surface area contributed by atoms with Gasteiger partial charge in [0.25, 0.3) is 0 Å². The van der Waals surface area contributed by atoms with Crippen molar-refractivity contribution in [2.24, 2.45) is 13.0 Å². The maximum atomic E-state index is 12.7. The minimum absolute atomic E-state index is 0.0100. The molecule has 1 aliphatic carbocycles. The lowest BCUT2D eigenvalue weighted by molar-refractivity contribution is -0.128. The highest BCUT2D eigenvalue weighted by Gasteiger charge is 2.42. The molecule has 0 radical (unpaired) electrons. The van der Waals surface area contributed by atoms with Crippen molar-refractivity contribution in [3.8, 4) is 0 Å². The molecule has 1 N–H and O–H groups in total. The normalized spacial score (nSPS) is 30.9. The van der Waals surface area contributed by atoms with Gasteiger partial charge in [0.1, 0.15) is 6.10 Å². The smallest absolute Gasteiger partial charge is 0.226 e. The van der Waals surface area contributed by atoms with Crippen LogP contribution in [0.25, 0.3) is 0 Å². The van der Waals surface area contributed by atoms with Gasteiger partial charge in [-0.2, -0.15) is 5.10 Å². The zero-order valence-corrected chi connectivity index (χ0v) is 13.3. The minimum Gasteiger partial charge on any atom is -0.371 e. The number of aromatic nitrogens is 2. The number of nitrogens with one attached hydrogen (secondary N) is 1. The van der Waals surface area contributed by atoms with Crippen LogP contribution >= 0.6 is 0 Å². The Morgan fingerprint density at radius 2 is 2.22 bits per heavy atom. The zero-order chi connectivity index (χ0) is 16.0. The maximum Gasteiger partial charge on any atom is 0.226 e. The van der Waals surface area contributed by atoms with Crippen molar-refractivity contribution in [1.29, 1.82) is 0 Å². The quantitative estimate of drug-likeness (QED) is 0.870. The van der Waals surface area contributed by atoms with Crippen molar-refractivity contribution in [2.75, 3.05) is 13.2 Å². The van der Waals surface area contributed by atoms with Crippen molar-refractivity contribution in [1.82, 2.24) is 20.0 Å². The first-order valence-corrected chi connectivity index (χ1v) is 8.33. The predicted molar refractivity (Wildman–Crippen MR) is 81.3 cm³/mol. The van der Waals surface area contributed by atoms with Crippen molar-refractivity contribution >= 4 is 11.8 Å². The summed E-state index contributed by atoms with van der Waals surface area (Å²) in [6, 6.07) is 2.24. The molecule has 7 nitrogen and oxygen atoms in total. The molecule has 1 saturated carbocycles. The van der Waals surface area contributed by atoms with Gasteiger partial charge >= 0.3 is 0 Å². The number of likely N-dealkylation sites (tertiary alicyclic amines) is 1. The van der Waals surface area contributed by atoms with E-state index >= 15 is 0 Å². The molecule has 2 aliphatic heterocycles. The molecule has 3 atom stereocenters. The van der Waals surface area contributed by atoms with Gasteiger partial charge in [-0.3, -0.25) is 14.3 Å². The summed E-state index contributed by atoms with van der Waals surface area (Å²) in [6.07, 6.45) is 4.80. The van der Waals surface area contributed by atoms with Gasteiger partial charge in [0.05, 0.1) is 17.7 Å². The molecule has 7 heteroatoms. The van der Waals surface area contributed by atoms with E-state index in [2.05, 4.69) is 10.4 Å². The van der Waals surface area contributed by atoms with Gasteiger partial charge in [-0.15, -0.1) is 0 Å². The number of amides is 2. The van der Waals surface area contributed by atoms with Crippen LogP contribution < -0.4 is 5.32 Å². The van der Waals surface area contributed by atoms with E-state index in [-0.39, 0.29) is 29.9 Å². The Hall–Kier alpha value is -1.89. The highest BCUT2D eigenvalue weighted by molar-refractivity contribution is 5.84. The molecular weight excluding hydrogens is 296 g/mol. The van der Waals surface area contributed by atoms with Crippen molar-refractivity contribution < 1.29 is 14.3 Å². The highest BCUT2D eigenvalue weighted by atomic mass is 16.5.